The number of hydrogen-bond acceptors (Lipinski definition) is 5. The number of anilines is 1. The van der Waals surface area contributed by atoms with E-state index in [2.05, 4.69) is 10.0 Å². The van der Waals surface area contributed by atoms with E-state index in [1.807, 2.05) is 9.48 Å². The number of fused-ring (bicyclic) bond motifs is 2. The molecule has 0 bridgehead atoms. The van der Waals surface area contributed by atoms with Gasteiger partial charge in [-0.2, -0.15) is 0 Å². The lowest BCUT2D eigenvalue weighted by Gasteiger charge is -2.29. The van der Waals surface area contributed by atoms with Gasteiger partial charge in [0.25, 0.3) is 0 Å². The summed E-state index contributed by atoms with van der Waals surface area (Å²) < 4.78 is 76.2. The molecule has 0 spiro atoms. The molecule has 0 atom stereocenters. The minimum Gasteiger partial charge on any atom is -0.478 e. The Morgan fingerprint density at radius 1 is 1.02 bits per heavy atom. The maximum absolute atomic E-state index is 16.0. The molecule has 2 aromatic carbocycles. The van der Waals surface area contributed by atoms with Crippen molar-refractivity contribution in [2.75, 3.05) is 31.1 Å². The SMILES string of the molecule is [N-]=[N+]=Nc1c(F)c(F)c(C(=O)O)c(C2=C3C=CC(=[N+]4CCCC4)C=C3S(=O)(=O)c3cc(N4CCCC4)ccc32)c1F. The van der Waals surface area contributed by atoms with E-state index >= 15 is 8.78 Å². The number of halogens is 3. The van der Waals surface area contributed by atoms with Crippen molar-refractivity contribution >= 4 is 38.5 Å². The number of allylic oxidation sites excluding steroid dienone is 4. The first-order valence-electron chi connectivity index (χ1n) is 13.0. The van der Waals surface area contributed by atoms with Gasteiger partial charge in [0.15, 0.2) is 11.6 Å². The molecule has 1 N–H and O–H groups in total. The third-order valence-corrected chi connectivity index (χ3v) is 9.73. The second-order valence-electron chi connectivity index (χ2n) is 10.2. The Labute approximate surface area is 232 Å². The van der Waals surface area contributed by atoms with Gasteiger partial charge in [0, 0.05) is 71.0 Å². The van der Waals surface area contributed by atoms with Crippen molar-refractivity contribution in [3.63, 3.8) is 0 Å². The molecule has 13 heteroatoms. The van der Waals surface area contributed by atoms with Crippen LogP contribution in [-0.4, -0.2) is 56.0 Å². The summed E-state index contributed by atoms with van der Waals surface area (Å²) in [6.45, 7) is 2.84. The first kappa shape index (κ1) is 26.9. The summed E-state index contributed by atoms with van der Waals surface area (Å²) in [6, 6.07) is 4.51. The summed E-state index contributed by atoms with van der Waals surface area (Å²) in [5.41, 5.74) is 6.11. The molecule has 3 heterocycles. The number of rotatable bonds is 4. The molecule has 6 rings (SSSR count). The third kappa shape index (κ3) is 4.15. The minimum absolute atomic E-state index is 0.0753. The van der Waals surface area contributed by atoms with Gasteiger partial charge in [0.2, 0.25) is 15.5 Å². The van der Waals surface area contributed by atoms with Crippen LogP contribution >= 0.6 is 0 Å². The summed E-state index contributed by atoms with van der Waals surface area (Å²) in [7, 11) is -4.22. The molecule has 9 nitrogen and oxygen atoms in total. The largest absolute Gasteiger partial charge is 0.478 e. The summed E-state index contributed by atoms with van der Waals surface area (Å²) in [4.78, 5) is 16.2. The van der Waals surface area contributed by atoms with Crippen LogP contribution in [0.5, 0.6) is 0 Å². The predicted octanol–water partition coefficient (Wildman–Crippen LogP) is 5.63. The standard InChI is InChI=1S/C28H22F3N5O4S/c29-24-23(28(37)38)22(25(30)27(26(24)31)33-34-32)21-17-7-5-15(35-9-1-2-10-35)13-19(17)41(39,40)20-14-16(6-8-18(20)21)36-11-3-4-12-36/h5-8,13-14H,1-4,9-12H2/p+1. The summed E-state index contributed by atoms with van der Waals surface area (Å²) in [5.74, 6) is -7.48. The Hall–Kier alpha value is -4.35. The van der Waals surface area contributed by atoms with Gasteiger partial charge in [0.05, 0.1) is 9.80 Å². The zero-order chi connectivity index (χ0) is 29.1. The number of hydrogen-bond donors (Lipinski definition) is 1. The number of nitrogens with zero attached hydrogens (tertiary/aromatic N) is 5. The van der Waals surface area contributed by atoms with Gasteiger partial charge in [-0.1, -0.05) is 11.2 Å². The van der Waals surface area contributed by atoms with Crippen LogP contribution in [0.25, 0.3) is 16.0 Å². The number of benzene rings is 2. The van der Waals surface area contributed by atoms with E-state index in [9.17, 15) is 22.7 Å². The predicted molar refractivity (Wildman–Crippen MR) is 145 cm³/mol. The molecule has 41 heavy (non-hydrogen) atoms. The van der Waals surface area contributed by atoms with Crippen LogP contribution in [0.4, 0.5) is 24.5 Å². The van der Waals surface area contributed by atoms with E-state index in [0.717, 1.165) is 25.7 Å². The van der Waals surface area contributed by atoms with Crippen LogP contribution in [0, 0.1) is 17.5 Å². The van der Waals surface area contributed by atoms with Crippen LogP contribution in [-0.2, 0) is 9.84 Å². The van der Waals surface area contributed by atoms with Crippen molar-refractivity contribution in [2.24, 2.45) is 5.11 Å². The van der Waals surface area contributed by atoms with Crippen molar-refractivity contribution in [3.8, 4) is 0 Å². The molecule has 0 aromatic heterocycles. The maximum Gasteiger partial charge on any atom is 0.339 e. The van der Waals surface area contributed by atoms with Gasteiger partial charge in [-0.15, -0.1) is 0 Å². The van der Waals surface area contributed by atoms with E-state index in [1.165, 1.54) is 24.3 Å². The number of sulfone groups is 1. The topological polar surface area (TPSA) is 126 Å². The van der Waals surface area contributed by atoms with Gasteiger partial charge in [-0.05, 0) is 36.6 Å². The Kier molecular flexibility index (Phi) is 6.50. The average molecular weight is 583 g/mol. The molecule has 210 valence electrons. The third-order valence-electron chi connectivity index (χ3n) is 7.90. The Bertz CT molecular complexity index is 1820. The molecule has 0 saturated carbocycles. The van der Waals surface area contributed by atoms with Crippen molar-refractivity contribution in [2.45, 2.75) is 30.6 Å². The van der Waals surface area contributed by atoms with Gasteiger partial charge in [-0.25, -0.2) is 31.0 Å². The number of carbonyl (C=O) groups is 1. The molecule has 3 aliphatic heterocycles. The second-order valence-corrected chi connectivity index (χ2v) is 12.0. The van der Waals surface area contributed by atoms with Crippen LogP contribution in [0.15, 0.2) is 56.9 Å². The number of aromatic carboxylic acids is 1. The highest BCUT2D eigenvalue weighted by Crippen LogP contribution is 2.49. The molecule has 2 fully saturated rings. The van der Waals surface area contributed by atoms with Crippen LogP contribution in [0.3, 0.4) is 0 Å². The quantitative estimate of drug-likeness (QED) is 0.164. The minimum atomic E-state index is -4.22. The Morgan fingerprint density at radius 2 is 1.73 bits per heavy atom. The van der Waals surface area contributed by atoms with Gasteiger partial charge in [0.1, 0.15) is 30.2 Å². The molecule has 0 unspecified atom stereocenters. The van der Waals surface area contributed by atoms with Crippen molar-refractivity contribution in [1.82, 2.24) is 0 Å². The highest BCUT2D eigenvalue weighted by atomic mass is 32.2. The molecule has 2 saturated heterocycles. The van der Waals surface area contributed by atoms with E-state index in [0.29, 0.717) is 37.6 Å². The molecule has 0 amide bonds. The summed E-state index contributed by atoms with van der Waals surface area (Å²) in [6.07, 6.45) is 8.21. The van der Waals surface area contributed by atoms with E-state index < -0.39 is 50.1 Å². The molecule has 0 radical (unpaired) electrons. The maximum atomic E-state index is 16.0. The fourth-order valence-corrected chi connectivity index (χ4v) is 7.68. The van der Waals surface area contributed by atoms with Gasteiger partial charge < -0.3 is 10.0 Å². The van der Waals surface area contributed by atoms with Crippen molar-refractivity contribution in [1.29, 1.82) is 0 Å². The lowest BCUT2D eigenvalue weighted by molar-refractivity contribution is -0.504. The summed E-state index contributed by atoms with van der Waals surface area (Å²) >= 11 is 0. The smallest absolute Gasteiger partial charge is 0.339 e. The number of carboxylic acids is 1. The molecule has 4 aliphatic rings. The highest BCUT2D eigenvalue weighted by molar-refractivity contribution is 7.95. The monoisotopic (exact) mass is 582 g/mol. The Morgan fingerprint density at radius 3 is 2.39 bits per heavy atom. The average Bonchev–Trinajstić information content (AvgIpc) is 3.69. The van der Waals surface area contributed by atoms with Crippen LogP contribution in [0.1, 0.15) is 47.2 Å². The zero-order valence-electron chi connectivity index (χ0n) is 21.6. The molecular weight excluding hydrogens is 559 g/mol. The van der Waals surface area contributed by atoms with Crippen molar-refractivity contribution < 1.29 is 36.1 Å². The summed E-state index contributed by atoms with van der Waals surface area (Å²) in [5, 5.41) is 12.8. The molecule has 1 aliphatic carbocycles. The molecular formula is C28H23F3N5O4S+. The fourth-order valence-electron chi connectivity index (χ4n) is 5.97. The second kappa shape index (κ2) is 9.93. The first-order chi connectivity index (χ1) is 19.6. The lowest BCUT2D eigenvalue weighted by atomic mass is 9.86. The van der Waals surface area contributed by atoms with E-state index in [4.69, 9.17) is 5.53 Å². The van der Waals surface area contributed by atoms with Gasteiger partial charge in [-0.3, -0.25) is 0 Å². The number of carboxylic acid groups (broad SMARTS) is 1. The van der Waals surface area contributed by atoms with Gasteiger partial charge >= 0.3 is 5.97 Å². The van der Waals surface area contributed by atoms with E-state index in [1.54, 1.807) is 12.1 Å². The first-order valence-corrected chi connectivity index (χ1v) is 14.5. The van der Waals surface area contributed by atoms with E-state index in [-0.39, 0.29) is 26.5 Å². The van der Waals surface area contributed by atoms with Crippen LogP contribution < -0.4 is 4.90 Å². The fraction of sp³-hybridized carbons (Fsp3) is 0.286. The Balaban J connectivity index is 1.74. The normalized spacial score (nSPS) is 19.2. The number of azide groups is 1. The van der Waals surface area contributed by atoms with Crippen LogP contribution in [0.2, 0.25) is 0 Å². The lowest BCUT2D eigenvalue weighted by Crippen LogP contribution is -2.25. The molecule has 2 aromatic rings. The highest BCUT2D eigenvalue weighted by Gasteiger charge is 2.41. The van der Waals surface area contributed by atoms with Crippen molar-refractivity contribution in [3.05, 3.63) is 91.5 Å². The zero-order valence-corrected chi connectivity index (χ0v) is 22.4.